The summed E-state index contributed by atoms with van der Waals surface area (Å²) in [6.07, 6.45) is 11.0. The minimum absolute atomic E-state index is 0.0150. The summed E-state index contributed by atoms with van der Waals surface area (Å²) in [5, 5.41) is 17.7. The van der Waals surface area contributed by atoms with Crippen molar-refractivity contribution in [1.29, 1.82) is 5.41 Å². The molecule has 1 aliphatic heterocycles. The van der Waals surface area contributed by atoms with Crippen molar-refractivity contribution in [2.75, 3.05) is 13.1 Å². The molecule has 2 aliphatic rings. The number of aromatic nitrogens is 2. The Kier molecular flexibility index (Phi) is 8.90. The molecule has 0 spiro atoms. The van der Waals surface area contributed by atoms with E-state index in [4.69, 9.17) is 33.3 Å². The van der Waals surface area contributed by atoms with Crippen LogP contribution in [0.4, 0.5) is 4.39 Å². The van der Waals surface area contributed by atoms with Gasteiger partial charge in [0.1, 0.15) is 23.4 Å². The Morgan fingerprint density at radius 1 is 1.30 bits per heavy atom. The number of ether oxygens (including phenoxy) is 1. The van der Waals surface area contributed by atoms with Crippen molar-refractivity contribution >= 4 is 45.0 Å². The first-order chi connectivity index (χ1) is 17.7. The predicted octanol–water partition coefficient (Wildman–Crippen LogP) is 8.01. The van der Waals surface area contributed by atoms with Crippen molar-refractivity contribution in [1.82, 2.24) is 14.1 Å². The van der Waals surface area contributed by atoms with Crippen LogP contribution in [0.25, 0.3) is 0 Å². The molecule has 1 N–H and O–H groups in total. The van der Waals surface area contributed by atoms with Crippen LogP contribution >= 0.6 is 33.9 Å². The van der Waals surface area contributed by atoms with Gasteiger partial charge in [0.05, 0.1) is 17.3 Å². The Morgan fingerprint density at radius 2 is 2.03 bits per heavy atom. The molecule has 5 nitrogen and oxygen atoms in total. The maximum absolute atomic E-state index is 14.1. The maximum Gasteiger partial charge on any atom is 0.142 e. The standard InChI is InChI=1S/C28H31Cl2FN4OS/c1-5-37(6-2)34-13-11-22(12-14-34)35-17-21(16-33-35)20-8-7-18(3)28(32)25(15-20)36-19(4)26-23(29)9-10-24(31)27(26)30/h5-10,15-17,19-20,22,32H,1,3,11-14H2,2,4H3. The van der Waals surface area contributed by atoms with Crippen LogP contribution in [0.1, 0.15) is 55.9 Å². The van der Waals surface area contributed by atoms with E-state index in [1.807, 2.05) is 29.8 Å². The van der Waals surface area contributed by atoms with Gasteiger partial charge in [-0.1, -0.05) is 59.2 Å². The summed E-state index contributed by atoms with van der Waals surface area (Å²) in [4.78, 5) is 0. The molecule has 37 heavy (non-hydrogen) atoms. The number of nitrogens with one attached hydrogen (secondary N) is 1. The lowest BCUT2D eigenvalue weighted by molar-refractivity contribution is 0.147. The van der Waals surface area contributed by atoms with Crippen LogP contribution in [-0.2, 0) is 4.74 Å². The highest BCUT2D eigenvalue weighted by atomic mass is 35.5. The van der Waals surface area contributed by atoms with Crippen LogP contribution < -0.4 is 0 Å². The van der Waals surface area contributed by atoms with Crippen molar-refractivity contribution in [2.24, 2.45) is 0 Å². The molecular formula is C28H31Cl2FN4OS. The predicted molar refractivity (Wildman–Crippen MR) is 154 cm³/mol. The lowest BCUT2D eigenvalue weighted by Crippen LogP contribution is -2.31. The first kappa shape index (κ1) is 27.6. The molecule has 1 aliphatic carbocycles. The Morgan fingerprint density at radius 3 is 2.70 bits per heavy atom. The quantitative estimate of drug-likeness (QED) is 0.275. The van der Waals surface area contributed by atoms with E-state index >= 15 is 0 Å². The molecule has 9 heteroatoms. The lowest BCUT2D eigenvalue weighted by Gasteiger charge is -2.33. The Hall–Kier alpha value is -2.45. The van der Waals surface area contributed by atoms with Crippen molar-refractivity contribution in [3.05, 3.63) is 99.6 Å². The largest absolute Gasteiger partial charge is 0.484 e. The van der Waals surface area contributed by atoms with E-state index in [0.717, 1.165) is 31.5 Å². The highest BCUT2D eigenvalue weighted by Crippen LogP contribution is 2.37. The van der Waals surface area contributed by atoms with E-state index in [0.29, 0.717) is 28.0 Å². The molecular weight excluding hydrogens is 530 g/mol. The molecule has 0 amide bonds. The molecule has 0 bridgehead atoms. The summed E-state index contributed by atoms with van der Waals surface area (Å²) in [6.45, 7) is 13.8. The van der Waals surface area contributed by atoms with Gasteiger partial charge in [0.15, 0.2) is 0 Å². The van der Waals surface area contributed by atoms with Gasteiger partial charge in [-0.3, -0.25) is 14.4 Å². The summed E-state index contributed by atoms with van der Waals surface area (Å²) in [5.74, 6) is -0.412. The third-order valence-electron chi connectivity index (χ3n) is 6.71. The van der Waals surface area contributed by atoms with E-state index < -0.39 is 11.9 Å². The summed E-state index contributed by atoms with van der Waals surface area (Å²) in [7, 11) is 0.0150. The van der Waals surface area contributed by atoms with Crippen LogP contribution in [-0.4, -0.2) is 38.3 Å². The summed E-state index contributed by atoms with van der Waals surface area (Å²) in [6, 6.07) is 3.00. The number of nitrogens with zero attached hydrogens (tertiary/aromatic N) is 3. The third kappa shape index (κ3) is 6.01. The molecule has 2 aromatic rings. The first-order valence-corrected chi connectivity index (χ1v) is 14.2. The molecule has 0 saturated carbocycles. The van der Waals surface area contributed by atoms with Gasteiger partial charge in [-0.2, -0.15) is 5.10 Å². The average molecular weight is 562 g/mol. The highest BCUT2D eigenvalue weighted by Gasteiger charge is 2.26. The average Bonchev–Trinajstić information content (AvgIpc) is 3.34. The van der Waals surface area contributed by atoms with Gasteiger partial charge in [-0.25, -0.2) is 4.39 Å². The zero-order valence-corrected chi connectivity index (χ0v) is 23.3. The van der Waals surface area contributed by atoms with Gasteiger partial charge in [0.2, 0.25) is 0 Å². The van der Waals surface area contributed by atoms with E-state index in [1.165, 1.54) is 12.1 Å². The topological polar surface area (TPSA) is 54.1 Å². The normalized spacial score (nSPS) is 21.0. The lowest BCUT2D eigenvalue weighted by atomic mass is 10.0. The minimum atomic E-state index is -0.678. The smallest absolute Gasteiger partial charge is 0.142 e. The zero-order valence-electron chi connectivity index (χ0n) is 21.0. The molecule has 4 rings (SSSR count). The van der Waals surface area contributed by atoms with Crippen LogP contribution in [0.3, 0.4) is 0 Å². The second-order valence-corrected chi connectivity index (χ2v) is 11.8. The zero-order chi connectivity index (χ0) is 26.7. The van der Waals surface area contributed by atoms with Crippen LogP contribution in [0.15, 0.2) is 72.7 Å². The molecule has 1 aromatic heterocycles. The molecule has 3 unspecified atom stereocenters. The van der Waals surface area contributed by atoms with Gasteiger partial charge >= 0.3 is 0 Å². The van der Waals surface area contributed by atoms with Crippen LogP contribution in [0.2, 0.25) is 10.0 Å². The van der Waals surface area contributed by atoms with Crippen LogP contribution in [0, 0.1) is 11.2 Å². The van der Waals surface area contributed by atoms with Crippen molar-refractivity contribution in [2.45, 2.75) is 44.8 Å². The maximum atomic E-state index is 14.1. The fourth-order valence-corrected chi connectivity index (χ4v) is 6.64. The molecule has 1 aromatic carbocycles. The van der Waals surface area contributed by atoms with Gasteiger partial charge < -0.3 is 4.74 Å². The SMILES string of the molecule is C=CS(=CC)N1CCC(n2cc(C3C=CC(=C)C(=N)C(OC(C)c4c(Cl)ccc(F)c4Cl)=C3)cn2)CC1. The number of allylic oxidation sites excluding steroid dienone is 4. The van der Waals surface area contributed by atoms with Crippen molar-refractivity contribution < 1.29 is 9.13 Å². The highest BCUT2D eigenvalue weighted by molar-refractivity contribution is 8.15. The summed E-state index contributed by atoms with van der Waals surface area (Å²) >= 11 is 12.5. The van der Waals surface area contributed by atoms with Gasteiger partial charge in [0, 0.05) is 41.4 Å². The first-order valence-electron chi connectivity index (χ1n) is 12.1. The Bertz CT molecular complexity index is 1310. The Balaban J connectivity index is 1.54. The third-order valence-corrected chi connectivity index (χ3v) is 9.21. The van der Waals surface area contributed by atoms with Crippen molar-refractivity contribution in [3.8, 4) is 0 Å². The fourth-order valence-electron chi connectivity index (χ4n) is 4.63. The minimum Gasteiger partial charge on any atom is -0.484 e. The number of halogens is 3. The van der Waals surface area contributed by atoms with Gasteiger partial charge in [0.25, 0.3) is 0 Å². The molecule has 2 heterocycles. The number of rotatable bonds is 7. The second kappa shape index (κ2) is 11.9. The number of benzene rings is 1. The molecule has 0 radical (unpaired) electrons. The fraction of sp³-hybridized carbons (Fsp3) is 0.321. The summed E-state index contributed by atoms with van der Waals surface area (Å²) < 4.78 is 24.8. The number of piperidine rings is 1. The van der Waals surface area contributed by atoms with E-state index in [-0.39, 0.29) is 27.3 Å². The van der Waals surface area contributed by atoms with E-state index in [1.54, 1.807) is 6.92 Å². The second-order valence-electron chi connectivity index (χ2n) is 9.00. The van der Waals surface area contributed by atoms with Crippen molar-refractivity contribution in [3.63, 3.8) is 0 Å². The molecule has 1 saturated heterocycles. The molecule has 1 fully saturated rings. The number of hydrogen-bond donors (Lipinski definition) is 1. The monoisotopic (exact) mass is 560 g/mol. The Labute approximate surface area is 230 Å². The number of hydrogen-bond acceptors (Lipinski definition) is 4. The summed E-state index contributed by atoms with van der Waals surface area (Å²) in [5.41, 5.74) is 2.00. The van der Waals surface area contributed by atoms with E-state index in [9.17, 15) is 4.39 Å². The molecule has 196 valence electrons. The van der Waals surface area contributed by atoms with Crippen LogP contribution in [0.5, 0.6) is 0 Å². The molecule has 3 atom stereocenters. The van der Waals surface area contributed by atoms with Gasteiger partial charge in [-0.15, -0.1) is 0 Å². The van der Waals surface area contributed by atoms with Gasteiger partial charge in [-0.05, 0) is 61.2 Å². The van der Waals surface area contributed by atoms with E-state index in [2.05, 4.69) is 45.7 Å².